The molecular formula is C9H10Cl2N2O2. The van der Waals surface area contributed by atoms with Crippen LogP contribution in [0.3, 0.4) is 0 Å². The predicted octanol–water partition coefficient (Wildman–Crippen LogP) is 2.84. The number of halogens is 2. The van der Waals surface area contributed by atoms with E-state index in [1.165, 1.54) is 7.05 Å². The maximum absolute atomic E-state index is 11.4. The SMILES string of the molecule is CN(OC(Cl)Cl)C(=O)Nc1ccccc1. The summed E-state index contributed by atoms with van der Waals surface area (Å²) in [4.78, 5) is 16.2. The number of carbonyl (C=O) groups excluding carboxylic acids is 1. The van der Waals surface area contributed by atoms with E-state index in [9.17, 15) is 4.79 Å². The maximum Gasteiger partial charge on any atom is 0.345 e. The van der Waals surface area contributed by atoms with Crippen molar-refractivity contribution >= 4 is 34.9 Å². The van der Waals surface area contributed by atoms with Gasteiger partial charge < -0.3 is 5.32 Å². The molecule has 1 aromatic carbocycles. The Labute approximate surface area is 97.7 Å². The maximum atomic E-state index is 11.4. The second kappa shape index (κ2) is 5.80. The Morgan fingerprint density at radius 3 is 2.53 bits per heavy atom. The van der Waals surface area contributed by atoms with Gasteiger partial charge in [0.25, 0.3) is 0 Å². The van der Waals surface area contributed by atoms with E-state index in [1.807, 2.05) is 18.2 Å². The summed E-state index contributed by atoms with van der Waals surface area (Å²) in [5.74, 6) is 0. The highest BCUT2D eigenvalue weighted by Crippen LogP contribution is 2.09. The monoisotopic (exact) mass is 248 g/mol. The van der Waals surface area contributed by atoms with Crippen LogP contribution in [0.1, 0.15) is 0 Å². The molecule has 0 spiro atoms. The number of benzene rings is 1. The van der Waals surface area contributed by atoms with Crippen LogP contribution < -0.4 is 5.32 Å². The van der Waals surface area contributed by atoms with Gasteiger partial charge in [-0.15, -0.1) is 0 Å². The second-order valence-corrected chi connectivity index (χ2v) is 3.68. The fourth-order valence-corrected chi connectivity index (χ4v) is 1.13. The molecule has 0 atom stereocenters. The highest BCUT2D eigenvalue weighted by Gasteiger charge is 2.12. The van der Waals surface area contributed by atoms with E-state index >= 15 is 0 Å². The van der Waals surface area contributed by atoms with E-state index in [0.717, 1.165) is 5.06 Å². The van der Waals surface area contributed by atoms with E-state index in [2.05, 4.69) is 5.32 Å². The van der Waals surface area contributed by atoms with Gasteiger partial charge in [0.15, 0.2) is 0 Å². The van der Waals surface area contributed by atoms with Gasteiger partial charge in [-0.1, -0.05) is 41.4 Å². The van der Waals surface area contributed by atoms with Crippen LogP contribution in [0, 0.1) is 0 Å². The molecule has 0 aromatic heterocycles. The van der Waals surface area contributed by atoms with Crippen molar-refractivity contribution in [1.82, 2.24) is 5.06 Å². The van der Waals surface area contributed by atoms with Crippen molar-refractivity contribution in [2.24, 2.45) is 0 Å². The summed E-state index contributed by atoms with van der Waals surface area (Å²) in [7, 11) is 1.41. The summed E-state index contributed by atoms with van der Waals surface area (Å²) in [6, 6.07) is 8.52. The largest absolute Gasteiger partial charge is 0.345 e. The average Bonchev–Trinajstić information content (AvgIpc) is 2.18. The third-order valence-electron chi connectivity index (χ3n) is 1.55. The zero-order valence-corrected chi connectivity index (χ0v) is 9.50. The molecule has 15 heavy (non-hydrogen) atoms. The van der Waals surface area contributed by atoms with Crippen molar-refractivity contribution < 1.29 is 9.63 Å². The van der Waals surface area contributed by atoms with Crippen LogP contribution in [-0.4, -0.2) is 23.2 Å². The zero-order valence-electron chi connectivity index (χ0n) is 7.98. The average molecular weight is 249 g/mol. The van der Waals surface area contributed by atoms with Crippen molar-refractivity contribution in [3.8, 4) is 0 Å². The van der Waals surface area contributed by atoms with Gasteiger partial charge >= 0.3 is 6.03 Å². The van der Waals surface area contributed by atoms with Gasteiger partial charge in [-0.3, -0.25) is 0 Å². The van der Waals surface area contributed by atoms with Gasteiger partial charge in [0.1, 0.15) is 0 Å². The Balaban J connectivity index is 2.49. The topological polar surface area (TPSA) is 41.6 Å². The Kier molecular flexibility index (Phi) is 4.68. The van der Waals surface area contributed by atoms with E-state index < -0.39 is 11.1 Å². The number of alkyl halides is 2. The molecule has 0 saturated carbocycles. The Morgan fingerprint density at radius 2 is 2.00 bits per heavy atom. The molecule has 0 aliphatic rings. The summed E-state index contributed by atoms with van der Waals surface area (Å²) in [6.07, 6.45) is 0. The number of hydrogen-bond acceptors (Lipinski definition) is 2. The molecule has 2 amide bonds. The minimum absolute atomic E-state index is 0.451. The molecule has 1 N–H and O–H groups in total. The van der Waals surface area contributed by atoms with Crippen LogP contribution in [0.15, 0.2) is 30.3 Å². The van der Waals surface area contributed by atoms with Gasteiger partial charge in [-0.05, 0) is 12.1 Å². The third-order valence-corrected chi connectivity index (χ3v) is 1.71. The molecular weight excluding hydrogens is 239 g/mol. The van der Waals surface area contributed by atoms with Crippen molar-refractivity contribution in [2.75, 3.05) is 12.4 Å². The second-order valence-electron chi connectivity index (χ2n) is 2.66. The summed E-state index contributed by atoms with van der Waals surface area (Å²) in [6.45, 7) is 0. The first kappa shape index (κ1) is 12.1. The number of hydrogen-bond donors (Lipinski definition) is 1. The Morgan fingerprint density at radius 1 is 1.40 bits per heavy atom. The highest BCUT2D eigenvalue weighted by atomic mass is 35.5. The van der Waals surface area contributed by atoms with Gasteiger partial charge in [0.2, 0.25) is 5.02 Å². The van der Waals surface area contributed by atoms with Gasteiger partial charge in [0, 0.05) is 12.7 Å². The number of hydroxylamine groups is 2. The van der Waals surface area contributed by atoms with Crippen molar-refractivity contribution in [3.05, 3.63) is 30.3 Å². The zero-order chi connectivity index (χ0) is 11.3. The lowest BCUT2D eigenvalue weighted by molar-refractivity contribution is -0.0856. The first-order valence-corrected chi connectivity index (χ1v) is 5.01. The molecule has 4 nitrogen and oxygen atoms in total. The highest BCUT2D eigenvalue weighted by molar-refractivity contribution is 6.43. The molecule has 0 radical (unpaired) electrons. The van der Waals surface area contributed by atoms with Crippen LogP contribution in [0.5, 0.6) is 0 Å². The van der Waals surface area contributed by atoms with E-state index in [1.54, 1.807) is 12.1 Å². The normalized spacial score (nSPS) is 10.1. The fourth-order valence-electron chi connectivity index (χ4n) is 0.891. The first-order chi connectivity index (χ1) is 7.09. The minimum Gasteiger partial charge on any atom is -0.306 e. The fraction of sp³-hybridized carbons (Fsp3) is 0.222. The lowest BCUT2D eigenvalue weighted by Gasteiger charge is -2.17. The van der Waals surface area contributed by atoms with Gasteiger partial charge in [-0.25, -0.2) is 14.7 Å². The molecule has 1 rings (SSSR count). The molecule has 0 saturated heterocycles. The van der Waals surface area contributed by atoms with Crippen LogP contribution in [-0.2, 0) is 4.84 Å². The summed E-state index contributed by atoms with van der Waals surface area (Å²) >= 11 is 10.7. The number of nitrogens with zero attached hydrogens (tertiary/aromatic N) is 1. The van der Waals surface area contributed by atoms with Gasteiger partial charge in [-0.2, -0.15) is 0 Å². The van der Waals surface area contributed by atoms with E-state index in [0.29, 0.717) is 5.69 Å². The molecule has 6 heteroatoms. The number of urea groups is 1. The van der Waals surface area contributed by atoms with Crippen LogP contribution in [0.25, 0.3) is 0 Å². The molecule has 0 aliphatic carbocycles. The number of amides is 2. The third kappa shape index (κ3) is 4.38. The quantitative estimate of drug-likeness (QED) is 0.661. The number of anilines is 1. The van der Waals surface area contributed by atoms with E-state index in [4.69, 9.17) is 28.0 Å². The van der Waals surface area contributed by atoms with Crippen molar-refractivity contribution in [2.45, 2.75) is 5.02 Å². The summed E-state index contributed by atoms with van der Waals surface area (Å²) in [5, 5.41) is 2.45. The smallest absolute Gasteiger partial charge is 0.306 e. The molecule has 0 aliphatic heterocycles. The predicted molar refractivity (Wildman–Crippen MR) is 59.8 cm³/mol. The number of carbonyl (C=O) groups is 1. The van der Waals surface area contributed by atoms with Crippen molar-refractivity contribution in [3.63, 3.8) is 0 Å². The van der Waals surface area contributed by atoms with E-state index in [-0.39, 0.29) is 0 Å². The lowest BCUT2D eigenvalue weighted by Crippen LogP contribution is -2.32. The number of para-hydroxylation sites is 1. The van der Waals surface area contributed by atoms with Crippen LogP contribution >= 0.6 is 23.2 Å². The van der Waals surface area contributed by atoms with Gasteiger partial charge in [0.05, 0.1) is 0 Å². The summed E-state index contributed by atoms with van der Waals surface area (Å²) in [5.41, 5.74) is 0.665. The standard InChI is InChI=1S/C9H10Cl2N2O2/c1-13(15-8(10)11)9(14)12-7-5-3-2-4-6-7/h2-6,8H,1H3,(H,12,14). The van der Waals surface area contributed by atoms with Crippen molar-refractivity contribution in [1.29, 1.82) is 0 Å². The molecule has 0 unspecified atom stereocenters. The van der Waals surface area contributed by atoms with Crippen LogP contribution in [0.2, 0.25) is 0 Å². The minimum atomic E-state index is -1.07. The number of rotatable bonds is 3. The molecule has 0 bridgehead atoms. The van der Waals surface area contributed by atoms with Crippen LogP contribution in [0.4, 0.5) is 10.5 Å². The Hall–Kier alpha value is -0.970. The summed E-state index contributed by atoms with van der Waals surface area (Å²) < 4.78 is 0. The molecule has 1 aromatic rings. The Bertz CT molecular complexity index is 319. The molecule has 0 fully saturated rings. The lowest BCUT2D eigenvalue weighted by atomic mass is 10.3. The first-order valence-electron chi connectivity index (χ1n) is 4.14. The molecule has 82 valence electrons. The molecule has 0 heterocycles. The number of nitrogens with one attached hydrogen (secondary N) is 1.